The largest absolute Gasteiger partial charge is 0.401 e. The van der Waals surface area contributed by atoms with Crippen molar-refractivity contribution in [2.45, 2.75) is 45.3 Å². The lowest BCUT2D eigenvalue weighted by Gasteiger charge is -2.41. The molecule has 5 atom stereocenters. The first-order valence-electron chi connectivity index (χ1n) is 6.37. The van der Waals surface area contributed by atoms with Crippen LogP contribution in [0.4, 0.5) is 0 Å². The van der Waals surface area contributed by atoms with Crippen LogP contribution in [-0.4, -0.2) is 18.1 Å². The standard InChI is InChI=1S/C13H24N4/c1-6-4-5-9(17-6)10-7(2)11(14)8(3)12(15)13(10)16/h4,7-9,11-12,17H,5,14-16H2,1-3H3. The second-order valence-electron chi connectivity index (χ2n) is 5.48. The van der Waals surface area contributed by atoms with Crippen molar-refractivity contribution in [3.8, 4) is 0 Å². The van der Waals surface area contributed by atoms with Gasteiger partial charge >= 0.3 is 0 Å². The number of hydrogen-bond donors (Lipinski definition) is 4. The first-order valence-corrected chi connectivity index (χ1v) is 6.37. The average molecular weight is 236 g/mol. The van der Waals surface area contributed by atoms with Crippen LogP contribution in [0.1, 0.15) is 27.2 Å². The Bertz CT molecular complexity index is 372. The number of rotatable bonds is 1. The maximum Gasteiger partial charge on any atom is 0.0529 e. The van der Waals surface area contributed by atoms with E-state index in [-0.39, 0.29) is 24.0 Å². The maximum atomic E-state index is 6.25. The van der Waals surface area contributed by atoms with Crippen LogP contribution in [0.3, 0.4) is 0 Å². The molecule has 0 aromatic carbocycles. The Morgan fingerprint density at radius 3 is 2.47 bits per heavy atom. The van der Waals surface area contributed by atoms with E-state index in [0.29, 0.717) is 5.92 Å². The van der Waals surface area contributed by atoms with Crippen LogP contribution < -0.4 is 22.5 Å². The third-order valence-corrected chi connectivity index (χ3v) is 4.37. The fourth-order valence-corrected chi connectivity index (χ4v) is 3.05. The number of hydrogen-bond acceptors (Lipinski definition) is 4. The Morgan fingerprint density at radius 2 is 1.94 bits per heavy atom. The van der Waals surface area contributed by atoms with Crippen molar-refractivity contribution in [1.82, 2.24) is 5.32 Å². The summed E-state index contributed by atoms with van der Waals surface area (Å²) in [6, 6.07) is 0.267. The Kier molecular flexibility index (Phi) is 3.19. The number of allylic oxidation sites excluding steroid dienone is 1. The number of nitrogens with two attached hydrogens (primary N) is 3. The Morgan fingerprint density at radius 1 is 1.29 bits per heavy atom. The van der Waals surface area contributed by atoms with E-state index < -0.39 is 0 Å². The van der Waals surface area contributed by atoms with Gasteiger partial charge in [-0.3, -0.25) is 0 Å². The van der Waals surface area contributed by atoms with Gasteiger partial charge in [-0.2, -0.15) is 0 Å². The van der Waals surface area contributed by atoms with Gasteiger partial charge in [0.2, 0.25) is 0 Å². The van der Waals surface area contributed by atoms with Crippen LogP contribution in [0.25, 0.3) is 0 Å². The van der Waals surface area contributed by atoms with Crippen molar-refractivity contribution in [3.05, 3.63) is 23.0 Å². The van der Waals surface area contributed by atoms with Gasteiger partial charge in [-0.15, -0.1) is 0 Å². The molecular weight excluding hydrogens is 212 g/mol. The maximum absolute atomic E-state index is 6.25. The van der Waals surface area contributed by atoms with Crippen molar-refractivity contribution in [2.24, 2.45) is 29.0 Å². The summed E-state index contributed by atoms with van der Waals surface area (Å²) in [6.45, 7) is 6.32. The highest BCUT2D eigenvalue weighted by atomic mass is 15.0. The van der Waals surface area contributed by atoms with Crippen LogP contribution in [-0.2, 0) is 0 Å². The molecule has 0 saturated heterocycles. The van der Waals surface area contributed by atoms with E-state index in [2.05, 4.69) is 32.2 Å². The van der Waals surface area contributed by atoms with E-state index in [1.54, 1.807) is 0 Å². The highest BCUT2D eigenvalue weighted by Gasteiger charge is 2.38. The van der Waals surface area contributed by atoms with Crippen molar-refractivity contribution < 1.29 is 0 Å². The van der Waals surface area contributed by atoms with Crippen molar-refractivity contribution in [1.29, 1.82) is 0 Å². The summed E-state index contributed by atoms with van der Waals surface area (Å²) in [5.74, 6) is 0.533. The molecule has 5 unspecified atom stereocenters. The van der Waals surface area contributed by atoms with E-state index in [4.69, 9.17) is 17.2 Å². The molecule has 0 fully saturated rings. The number of nitrogens with one attached hydrogen (secondary N) is 1. The molecule has 1 heterocycles. The highest BCUT2D eigenvalue weighted by molar-refractivity contribution is 5.33. The molecule has 0 amide bonds. The molecule has 1 aliphatic carbocycles. The summed E-state index contributed by atoms with van der Waals surface area (Å²) in [7, 11) is 0. The zero-order chi connectivity index (χ0) is 12.7. The molecule has 4 nitrogen and oxygen atoms in total. The second kappa shape index (κ2) is 4.35. The Balaban J connectivity index is 2.30. The van der Waals surface area contributed by atoms with Crippen LogP contribution in [0, 0.1) is 11.8 Å². The van der Waals surface area contributed by atoms with Gasteiger partial charge in [0.25, 0.3) is 0 Å². The normalized spacial score (nSPS) is 42.4. The highest BCUT2D eigenvalue weighted by Crippen LogP contribution is 2.34. The first kappa shape index (κ1) is 12.5. The second-order valence-corrected chi connectivity index (χ2v) is 5.48. The van der Waals surface area contributed by atoms with Crippen molar-refractivity contribution >= 4 is 0 Å². The molecule has 0 spiro atoms. The molecule has 2 aliphatic rings. The van der Waals surface area contributed by atoms with Gasteiger partial charge in [-0.05, 0) is 30.8 Å². The SMILES string of the molecule is CC1=CCC(C2=C(N)C(N)C(C)C(N)C2C)N1. The average Bonchev–Trinajstić information content (AvgIpc) is 2.71. The van der Waals surface area contributed by atoms with E-state index in [0.717, 1.165) is 12.1 Å². The molecule has 0 bridgehead atoms. The molecule has 96 valence electrons. The first-order chi connectivity index (χ1) is 7.93. The summed E-state index contributed by atoms with van der Waals surface area (Å²) in [6.07, 6.45) is 3.19. The van der Waals surface area contributed by atoms with Gasteiger partial charge in [0.15, 0.2) is 0 Å². The zero-order valence-electron chi connectivity index (χ0n) is 10.9. The predicted octanol–water partition coefficient (Wildman–Crippen LogP) is 0.405. The lowest BCUT2D eigenvalue weighted by Crippen LogP contribution is -2.54. The fraction of sp³-hybridized carbons (Fsp3) is 0.692. The third-order valence-electron chi connectivity index (χ3n) is 4.37. The molecule has 0 aromatic heterocycles. The Hall–Kier alpha value is -1.00. The van der Waals surface area contributed by atoms with Crippen LogP contribution in [0.2, 0.25) is 0 Å². The molecule has 4 heteroatoms. The van der Waals surface area contributed by atoms with E-state index in [1.807, 2.05) is 0 Å². The smallest absolute Gasteiger partial charge is 0.0529 e. The monoisotopic (exact) mass is 236 g/mol. The molecule has 1 aliphatic heterocycles. The topological polar surface area (TPSA) is 90.1 Å². The molecular formula is C13H24N4. The van der Waals surface area contributed by atoms with Gasteiger partial charge in [0, 0.05) is 23.5 Å². The molecule has 0 aromatic rings. The molecule has 0 radical (unpaired) electrons. The molecule has 2 rings (SSSR count). The van der Waals surface area contributed by atoms with E-state index in [9.17, 15) is 0 Å². The summed E-state index contributed by atoms with van der Waals surface area (Å²) in [5.41, 5.74) is 21.9. The van der Waals surface area contributed by atoms with Gasteiger partial charge in [0.1, 0.15) is 0 Å². The van der Waals surface area contributed by atoms with E-state index >= 15 is 0 Å². The minimum atomic E-state index is -0.112. The predicted molar refractivity (Wildman–Crippen MR) is 70.8 cm³/mol. The lowest BCUT2D eigenvalue weighted by molar-refractivity contribution is 0.300. The van der Waals surface area contributed by atoms with Crippen molar-refractivity contribution in [3.63, 3.8) is 0 Å². The minimum absolute atomic E-state index is 0.0926. The summed E-state index contributed by atoms with van der Waals surface area (Å²) >= 11 is 0. The summed E-state index contributed by atoms with van der Waals surface area (Å²) < 4.78 is 0. The van der Waals surface area contributed by atoms with Crippen molar-refractivity contribution in [2.75, 3.05) is 0 Å². The Labute approximate surface area is 103 Å². The van der Waals surface area contributed by atoms with Gasteiger partial charge in [-0.25, -0.2) is 0 Å². The molecule has 17 heavy (non-hydrogen) atoms. The van der Waals surface area contributed by atoms with Crippen LogP contribution >= 0.6 is 0 Å². The van der Waals surface area contributed by atoms with E-state index in [1.165, 1.54) is 11.3 Å². The fourth-order valence-electron chi connectivity index (χ4n) is 3.05. The molecule has 7 N–H and O–H groups in total. The quantitative estimate of drug-likeness (QED) is 0.530. The third kappa shape index (κ3) is 1.96. The van der Waals surface area contributed by atoms with Gasteiger partial charge in [-0.1, -0.05) is 19.9 Å². The van der Waals surface area contributed by atoms with Gasteiger partial charge < -0.3 is 22.5 Å². The van der Waals surface area contributed by atoms with Crippen LogP contribution in [0.15, 0.2) is 23.0 Å². The molecule has 0 saturated carbocycles. The zero-order valence-corrected chi connectivity index (χ0v) is 10.9. The summed E-state index contributed by atoms with van der Waals surface area (Å²) in [5, 5.41) is 3.45. The minimum Gasteiger partial charge on any atom is -0.401 e. The van der Waals surface area contributed by atoms with Crippen LogP contribution in [0.5, 0.6) is 0 Å². The summed E-state index contributed by atoms with van der Waals surface area (Å²) in [4.78, 5) is 0. The lowest BCUT2D eigenvalue weighted by atomic mass is 9.72. The van der Waals surface area contributed by atoms with Gasteiger partial charge in [0.05, 0.1) is 6.04 Å².